The first-order valence-corrected chi connectivity index (χ1v) is 9.97. The maximum absolute atomic E-state index is 2.47. The zero-order chi connectivity index (χ0) is 18.6. The van der Waals surface area contributed by atoms with Gasteiger partial charge in [-0.1, -0.05) is 74.5 Å². The third-order valence-electron chi connectivity index (χ3n) is 6.94. The second kappa shape index (κ2) is 4.56. The van der Waals surface area contributed by atoms with Gasteiger partial charge in [0.25, 0.3) is 0 Å². The van der Waals surface area contributed by atoms with E-state index in [4.69, 9.17) is 0 Å². The lowest BCUT2D eigenvalue weighted by molar-refractivity contribution is 0.661. The predicted octanol–water partition coefficient (Wildman–Crippen LogP) is 7.14. The fourth-order valence-corrected chi connectivity index (χ4v) is 5.64. The molecule has 28 heavy (non-hydrogen) atoms. The summed E-state index contributed by atoms with van der Waals surface area (Å²) in [6.07, 6.45) is 2.26. The zero-order valence-electron chi connectivity index (χ0n) is 16.0. The monoisotopic (exact) mass is 357 g/mol. The highest BCUT2D eigenvalue weighted by Gasteiger charge is 2.37. The summed E-state index contributed by atoms with van der Waals surface area (Å²) < 4.78 is 2.41. The minimum atomic E-state index is 0.0261. The van der Waals surface area contributed by atoms with Gasteiger partial charge in [0.2, 0.25) is 0 Å². The van der Waals surface area contributed by atoms with Crippen LogP contribution in [0.4, 0.5) is 0 Å². The largest absolute Gasteiger partial charge is 0.315 e. The number of fused-ring (bicyclic) bond motifs is 9. The Balaban J connectivity index is 1.76. The Morgan fingerprint density at radius 3 is 2.36 bits per heavy atom. The van der Waals surface area contributed by atoms with Gasteiger partial charge in [0, 0.05) is 33.2 Å². The highest BCUT2D eigenvalue weighted by molar-refractivity contribution is 6.24. The lowest BCUT2D eigenvalue weighted by Gasteiger charge is -2.21. The summed E-state index contributed by atoms with van der Waals surface area (Å²) in [5, 5.41) is 6.74. The van der Waals surface area contributed by atoms with Gasteiger partial charge >= 0.3 is 0 Å². The van der Waals surface area contributed by atoms with Gasteiger partial charge in [-0.15, -0.1) is 0 Å². The molecule has 0 N–H and O–H groups in total. The van der Waals surface area contributed by atoms with Gasteiger partial charge < -0.3 is 4.40 Å². The summed E-state index contributed by atoms with van der Waals surface area (Å²) in [5.41, 5.74) is 8.43. The van der Waals surface area contributed by atoms with E-state index in [2.05, 4.69) is 97.2 Å². The summed E-state index contributed by atoms with van der Waals surface area (Å²) in [5.74, 6) is 0. The fourth-order valence-electron chi connectivity index (χ4n) is 5.64. The first-order valence-electron chi connectivity index (χ1n) is 9.97. The normalized spacial score (nSPS) is 15.1. The molecule has 0 fully saturated rings. The van der Waals surface area contributed by atoms with Gasteiger partial charge in [-0.3, -0.25) is 0 Å². The molecular formula is C27H19N. The summed E-state index contributed by atoms with van der Waals surface area (Å²) in [7, 11) is 0. The van der Waals surface area contributed by atoms with Crippen molar-refractivity contribution in [2.75, 3.05) is 0 Å². The molecule has 0 amide bonds. The fraction of sp³-hybridized carbons (Fsp3) is 0.111. The molecule has 1 aliphatic carbocycles. The van der Waals surface area contributed by atoms with E-state index in [9.17, 15) is 0 Å². The highest BCUT2D eigenvalue weighted by atomic mass is 14.9. The average Bonchev–Trinajstić information content (AvgIpc) is 3.35. The van der Waals surface area contributed by atoms with Gasteiger partial charge in [-0.2, -0.15) is 0 Å². The summed E-state index contributed by atoms with van der Waals surface area (Å²) in [6.45, 7) is 4.73. The number of nitrogens with zero attached hydrogens (tertiary/aromatic N) is 1. The molecule has 2 aromatic heterocycles. The van der Waals surface area contributed by atoms with E-state index in [1.807, 2.05) is 0 Å². The molecule has 132 valence electrons. The highest BCUT2D eigenvalue weighted by Crippen LogP contribution is 2.53. The Hall–Kier alpha value is -3.32. The Kier molecular flexibility index (Phi) is 2.39. The molecule has 0 unspecified atom stereocenters. The van der Waals surface area contributed by atoms with Crippen LogP contribution in [0.25, 0.3) is 49.1 Å². The van der Waals surface area contributed by atoms with Crippen LogP contribution in [0.3, 0.4) is 0 Å². The van der Waals surface area contributed by atoms with E-state index < -0.39 is 0 Å². The third-order valence-corrected chi connectivity index (χ3v) is 6.94. The molecule has 0 bridgehead atoms. The number of hydrogen-bond acceptors (Lipinski definition) is 0. The Labute approximate surface area is 163 Å². The van der Waals surface area contributed by atoms with Crippen LogP contribution in [0.15, 0.2) is 79.0 Å². The second-order valence-corrected chi connectivity index (χ2v) is 8.65. The van der Waals surface area contributed by atoms with E-state index in [-0.39, 0.29) is 5.41 Å². The van der Waals surface area contributed by atoms with Crippen molar-refractivity contribution < 1.29 is 0 Å². The van der Waals surface area contributed by atoms with Crippen LogP contribution < -0.4 is 0 Å². The Morgan fingerprint density at radius 1 is 0.643 bits per heavy atom. The van der Waals surface area contributed by atoms with Gasteiger partial charge in [0.05, 0.1) is 11.0 Å². The average molecular weight is 357 g/mol. The lowest BCUT2D eigenvalue weighted by atomic mass is 9.82. The molecule has 1 heteroatoms. The molecule has 0 atom stereocenters. The molecule has 7 rings (SSSR count). The molecule has 0 radical (unpaired) electrons. The first kappa shape index (κ1) is 14.7. The number of benzene rings is 4. The van der Waals surface area contributed by atoms with Crippen LogP contribution in [0, 0.1) is 0 Å². The quantitative estimate of drug-likeness (QED) is 0.272. The van der Waals surface area contributed by atoms with Crippen molar-refractivity contribution in [1.29, 1.82) is 0 Å². The summed E-state index contributed by atoms with van der Waals surface area (Å²) >= 11 is 0. The van der Waals surface area contributed by atoms with E-state index in [0.29, 0.717) is 0 Å². The zero-order valence-corrected chi connectivity index (χ0v) is 16.0. The first-order chi connectivity index (χ1) is 13.7. The second-order valence-electron chi connectivity index (χ2n) is 8.65. The van der Waals surface area contributed by atoms with Crippen molar-refractivity contribution in [3.05, 3.63) is 90.1 Å². The predicted molar refractivity (Wildman–Crippen MR) is 119 cm³/mol. The molecule has 0 aliphatic heterocycles. The van der Waals surface area contributed by atoms with E-state index in [1.54, 1.807) is 0 Å². The molecule has 6 aromatic rings. The molecule has 0 saturated carbocycles. The maximum Gasteiger partial charge on any atom is 0.0614 e. The van der Waals surface area contributed by atoms with Crippen molar-refractivity contribution in [1.82, 2.24) is 4.40 Å². The van der Waals surface area contributed by atoms with Crippen molar-refractivity contribution in [2.45, 2.75) is 19.3 Å². The van der Waals surface area contributed by atoms with Gasteiger partial charge in [-0.25, -0.2) is 0 Å². The Bertz CT molecular complexity index is 1580. The molecule has 1 aliphatic rings. The van der Waals surface area contributed by atoms with Crippen LogP contribution in [-0.4, -0.2) is 4.40 Å². The van der Waals surface area contributed by atoms with Crippen LogP contribution in [-0.2, 0) is 5.41 Å². The van der Waals surface area contributed by atoms with Crippen LogP contribution >= 0.6 is 0 Å². The van der Waals surface area contributed by atoms with Crippen molar-refractivity contribution in [3.63, 3.8) is 0 Å². The summed E-state index contributed by atoms with van der Waals surface area (Å²) in [6, 6.07) is 27.0. The number of aromatic nitrogens is 1. The van der Waals surface area contributed by atoms with Gasteiger partial charge in [0.15, 0.2) is 0 Å². The van der Waals surface area contributed by atoms with E-state index >= 15 is 0 Å². The number of rotatable bonds is 0. The van der Waals surface area contributed by atoms with E-state index in [0.717, 1.165) is 0 Å². The topological polar surface area (TPSA) is 4.41 Å². The van der Waals surface area contributed by atoms with Crippen LogP contribution in [0.1, 0.15) is 25.0 Å². The lowest BCUT2D eigenvalue weighted by Crippen LogP contribution is -2.14. The standard InChI is InChI=1S/C27H19N/c1-27(2)22-10-6-5-9-19(22)24-20-13-14-28-25-17-8-4-3-7-16(17)11-12-18(25)21(26(20)28)15-23(24)27/h3-15H,1-2H3. The van der Waals surface area contributed by atoms with Crippen LogP contribution in [0.5, 0.6) is 0 Å². The van der Waals surface area contributed by atoms with E-state index in [1.165, 1.54) is 60.2 Å². The molecular weight excluding hydrogens is 338 g/mol. The van der Waals surface area contributed by atoms with Gasteiger partial charge in [-0.05, 0) is 39.8 Å². The molecule has 4 aromatic carbocycles. The molecule has 0 spiro atoms. The van der Waals surface area contributed by atoms with Crippen LogP contribution in [0.2, 0.25) is 0 Å². The smallest absolute Gasteiger partial charge is 0.0614 e. The number of hydrogen-bond donors (Lipinski definition) is 0. The van der Waals surface area contributed by atoms with Crippen molar-refractivity contribution >= 4 is 38.0 Å². The van der Waals surface area contributed by atoms with Gasteiger partial charge in [0.1, 0.15) is 0 Å². The summed E-state index contributed by atoms with van der Waals surface area (Å²) in [4.78, 5) is 0. The third kappa shape index (κ3) is 1.49. The van der Waals surface area contributed by atoms with Crippen molar-refractivity contribution in [3.8, 4) is 11.1 Å². The molecule has 1 nitrogen and oxygen atoms in total. The maximum atomic E-state index is 2.47. The molecule has 2 heterocycles. The minimum Gasteiger partial charge on any atom is -0.315 e. The minimum absolute atomic E-state index is 0.0261. The van der Waals surface area contributed by atoms with Crippen molar-refractivity contribution in [2.24, 2.45) is 0 Å². The molecule has 0 saturated heterocycles. The SMILES string of the molecule is CC1(C)c2ccccc2-c2c1cc1c3ccc4ccccc4c3n3ccc2c13. The Morgan fingerprint density at radius 2 is 1.43 bits per heavy atom.